The number of aliphatic hydroxyl groups is 1. The maximum absolute atomic E-state index is 12.9. The largest absolute Gasteiger partial charge is 0.394 e. The van der Waals surface area contributed by atoms with Crippen LogP contribution in [0.5, 0.6) is 0 Å². The summed E-state index contributed by atoms with van der Waals surface area (Å²) in [5.41, 5.74) is 2.60. The third-order valence-electron chi connectivity index (χ3n) is 3.88. The van der Waals surface area contributed by atoms with E-state index in [2.05, 4.69) is 10.6 Å². The zero-order chi connectivity index (χ0) is 19.6. The molecule has 2 aromatic carbocycles. The molecule has 2 aromatic rings. The maximum Gasteiger partial charge on any atom is 0.309 e. The highest BCUT2D eigenvalue weighted by molar-refractivity contribution is 6.35. The van der Waals surface area contributed by atoms with Crippen LogP contribution in [0.15, 0.2) is 48.5 Å². The van der Waals surface area contributed by atoms with Gasteiger partial charge in [-0.15, -0.1) is 0 Å². The number of rotatable bonds is 8. The average Bonchev–Trinajstić information content (AvgIpc) is 2.68. The third kappa shape index (κ3) is 6.80. The number of halogens is 1. The van der Waals surface area contributed by atoms with E-state index in [-0.39, 0.29) is 32.1 Å². The molecule has 2 amide bonds. The first-order valence-corrected chi connectivity index (χ1v) is 8.59. The van der Waals surface area contributed by atoms with Crippen LogP contribution in [0.4, 0.5) is 4.39 Å². The normalized spacial score (nSPS) is 11.7. The Labute approximate surface area is 157 Å². The van der Waals surface area contributed by atoms with E-state index in [9.17, 15) is 14.0 Å². The summed E-state index contributed by atoms with van der Waals surface area (Å²) in [7, 11) is 0. The molecule has 27 heavy (non-hydrogen) atoms. The highest BCUT2D eigenvalue weighted by Crippen LogP contribution is 2.17. The lowest BCUT2D eigenvalue weighted by Crippen LogP contribution is -2.41. The molecule has 0 spiro atoms. The van der Waals surface area contributed by atoms with Crippen LogP contribution in [0.2, 0.25) is 0 Å². The van der Waals surface area contributed by atoms with Crippen LogP contribution in [-0.4, -0.2) is 36.7 Å². The van der Waals surface area contributed by atoms with E-state index >= 15 is 0 Å². The van der Waals surface area contributed by atoms with E-state index in [1.807, 2.05) is 31.2 Å². The summed E-state index contributed by atoms with van der Waals surface area (Å²) >= 11 is 0. The lowest BCUT2D eigenvalue weighted by Gasteiger charge is -2.18. The number of nitrogens with one attached hydrogen (secondary N) is 2. The highest BCUT2D eigenvalue weighted by atomic mass is 19.1. The first kappa shape index (κ1) is 20.5. The molecule has 0 unspecified atom stereocenters. The average molecular weight is 374 g/mol. The van der Waals surface area contributed by atoms with E-state index in [1.165, 1.54) is 24.3 Å². The summed E-state index contributed by atoms with van der Waals surface area (Å²) in [5, 5.41) is 14.0. The number of benzene rings is 2. The first-order valence-electron chi connectivity index (χ1n) is 8.59. The van der Waals surface area contributed by atoms with E-state index in [1.54, 1.807) is 0 Å². The molecule has 0 saturated carbocycles. The minimum absolute atomic E-state index is 0.0891. The van der Waals surface area contributed by atoms with Gasteiger partial charge in [0.25, 0.3) is 0 Å². The fraction of sp³-hybridized carbons (Fsp3) is 0.300. The van der Waals surface area contributed by atoms with Gasteiger partial charge in [-0.2, -0.15) is 0 Å². The number of aryl methyl sites for hydroxylation is 1. The van der Waals surface area contributed by atoms with Crippen LogP contribution in [0.3, 0.4) is 0 Å². The predicted octanol–water partition coefficient (Wildman–Crippen LogP) is 1.62. The van der Waals surface area contributed by atoms with E-state index in [0.717, 1.165) is 11.1 Å². The molecule has 0 aromatic heterocycles. The van der Waals surface area contributed by atoms with Gasteiger partial charge in [-0.25, -0.2) is 4.39 Å². The van der Waals surface area contributed by atoms with Crippen LogP contribution in [0.1, 0.15) is 22.8 Å². The smallest absolute Gasteiger partial charge is 0.309 e. The number of carbonyl (C=O) groups is 2. The quantitative estimate of drug-likeness (QED) is 0.613. The monoisotopic (exact) mass is 374 g/mol. The summed E-state index contributed by atoms with van der Waals surface area (Å²) in [6.07, 6.45) is -0.480. The Morgan fingerprint density at radius 3 is 2.30 bits per heavy atom. The minimum atomic E-state index is -0.790. The number of carbonyl (C=O) groups excluding carboxylic acids is 2. The van der Waals surface area contributed by atoms with Gasteiger partial charge in [0, 0.05) is 13.1 Å². The van der Waals surface area contributed by atoms with Crippen LogP contribution >= 0.6 is 0 Å². The second-order valence-electron chi connectivity index (χ2n) is 6.01. The number of ether oxygens (including phenoxy) is 1. The lowest BCUT2D eigenvalue weighted by molar-refractivity contribution is -0.139. The summed E-state index contributed by atoms with van der Waals surface area (Å²) in [6.45, 7) is 2.14. The molecule has 6 nitrogen and oxygen atoms in total. The highest BCUT2D eigenvalue weighted by Gasteiger charge is 2.17. The van der Waals surface area contributed by atoms with Gasteiger partial charge < -0.3 is 20.5 Å². The van der Waals surface area contributed by atoms with Gasteiger partial charge in [0.05, 0.1) is 19.3 Å². The van der Waals surface area contributed by atoms with Gasteiger partial charge in [-0.1, -0.05) is 42.0 Å². The van der Waals surface area contributed by atoms with Crippen LogP contribution in [0, 0.1) is 12.7 Å². The van der Waals surface area contributed by atoms with Crippen LogP contribution in [0.25, 0.3) is 0 Å². The summed E-state index contributed by atoms with van der Waals surface area (Å²) in [5.74, 6) is -1.95. The number of hydrogen-bond donors (Lipinski definition) is 3. The van der Waals surface area contributed by atoms with Gasteiger partial charge in [-0.05, 0) is 30.2 Å². The standard InChI is InChI=1S/C20H23FN2O4/c1-14-2-6-16(7-3-14)18(27-11-10-24)13-23-20(26)19(25)22-12-15-4-8-17(21)9-5-15/h2-9,18,24H,10-13H2,1H3,(H,22,25)(H,23,26)/t18-/m0/s1. The fourth-order valence-electron chi connectivity index (χ4n) is 2.38. The van der Waals surface area contributed by atoms with Crippen molar-refractivity contribution >= 4 is 11.8 Å². The number of hydrogen-bond acceptors (Lipinski definition) is 4. The molecule has 144 valence electrons. The molecular formula is C20H23FN2O4. The molecule has 0 aliphatic rings. The lowest BCUT2D eigenvalue weighted by atomic mass is 10.1. The van der Waals surface area contributed by atoms with Crippen molar-refractivity contribution < 1.29 is 23.8 Å². The summed E-state index contributed by atoms with van der Waals surface area (Å²) in [4.78, 5) is 23.9. The van der Waals surface area contributed by atoms with E-state index < -0.39 is 17.9 Å². The molecule has 1 atom stereocenters. The predicted molar refractivity (Wildman–Crippen MR) is 98.2 cm³/mol. The van der Waals surface area contributed by atoms with Crippen molar-refractivity contribution in [3.63, 3.8) is 0 Å². The Bertz CT molecular complexity index is 748. The van der Waals surface area contributed by atoms with Gasteiger partial charge in [0.15, 0.2) is 0 Å². The second kappa shape index (κ2) is 10.4. The number of aliphatic hydroxyl groups excluding tert-OH is 1. The van der Waals surface area contributed by atoms with Crippen molar-refractivity contribution in [2.75, 3.05) is 19.8 Å². The Hall–Kier alpha value is -2.77. The third-order valence-corrected chi connectivity index (χ3v) is 3.88. The van der Waals surface area contributed by atoms with Gasteiger partial charge in [0.2, 0.25) is 0 Å². The molecule has 0 aliphatic heterocycles. The first-order chi connectivity index (χ1) is 13.0. The SMILES string of the molecule is Cc1ccc([C@H](CNC(=O)C(=O)NCc2ccc(F)cc2)OCCO)cc1. The maximum atomic E-state index is 12.9. The van der Waals surface area contributed by atoms with Crippen molar-refractivity contribution in [3.8, 4) is 0 Å². The molecule has 0 heterocycles. The molecule has 0 fully saturated rings. The minimum Gasteiger partial charge on any atom is -0.394 e. The summed E-state index contributed by atoms with van der Waals surface area (Å²) in [6, 6.07) is 13.2. The van der Waals surface area contributed by atoms with Gasteiger partial charge in [-0.3, -0.25) is 9.59 Å². The zero-order valence-electron chi connectivity index (χ0n) is 15.1. The van der Waals surface area contributed by atoms with Gasteiger partial charge >= 0.3 is 11.8 Å². The zero-order valence-corrected chi connectivity index (χ0v) is 15.1. The topological polar surface area (TPSA) is 87.7 Å². The molecule has 0 bridgehead atoms. The van der Waals surface area contributed by atoms with Gasteiger partial charge in [0.1, 0.15) is 5.82 Å². The van der Waals surface area contributed by atoms with Crippen molar-refractivity contribution in [2.24, 2.45) is 0 Å². The molecule has 0 saturated heterocycles. The number of amides is 2. The Morgan fingerprint density at radius 1 is 1.04 bits per heavy atom. The van der Waals surface area contributed by atoms with E-state index in [0.29, 0.717) is 5.56 Å². The molecule has 7 heteroatoms. The van der Waals surface area contributed by atoms with Crippen LogP contribution < -0.4 is 10.6 Å². The van der Waals surface area contributed by atoms with Crippen LogP contribution in [-0.2, 0) is 20.9 Å². The molecule has 0 radical (unpaired) electrons. The van der Waals surface area contributed by atoms with Crippen molar-refractivity contribution in [1.82, 2.24) is 10.6 Å². The molecular weight excluding hydrogens is 351 g/mol. The molecule has 3 N–H and O–H groups in total. The fourth-order valence-corrected chi connectivity index (χ4v) is 2.38. The second-order valence-corrected chi connectivity index (χ2v) is 6.01. The molecule has 0 aliphatic carbocycles. The van der Waals surface area contributed by atoms with Crippen molar-refractivity contribution in [1.29, 1.82) is 0 Å². The Morgan fingerprint density at radius 2 is 1.67 bits per heavy atom. The van der Waals surface area contributed by atoms with E-state index in [4.69, 9.17) is 9.84 Å². The summed E-state index contributed by atoms with van der Waals surface area (Å²) < 4.78 is 18.4. The van der Waals surface area contributed by atoms with Crippen molar-refractivity contribution in [3.05, 3.63) is 71.0 Å². The van der Waals surface area contributed by atoms with Crippen molar-refractivity contribution in [2.45, 2.75) is 19.6 Å². The molecule has 2 rings (SSSR count). The Balaban J connectivity index is 1.86. The Kier molecular flexibility index (Phi) is 7.91.